The Morgan fingerprint density at radius 1 is 1.12 bits per heavy atom. The predicted molar refractivity (Wildman–Crippen MR) is 126 cm³/mol. The number of sulfonamides is 1. The third-order valence-electron chi connectivity index (χ3n) is 5.45. The minimum atomic E-state index is -3.65. The van der Waals surface area contributed by atoms with Crippen LogP contribution < -0.4 is 10.2 Å². The zero-order chi connectivity index (χ0) is 24.0. The van der Waals surface area contributed by atoms with Gasteiger partial charge in [-0.1, -0.05) is 49.0 Å². The average molecular weight is 474 g/mol. The lowest BCUT2D eigenvalue weighted by molar-refractivity contribution is -0.133. The van der Waals surface area contributed by atoms with Crippen LogP contribution in [0.1, 0.15) is 39.7 Å². The fraction of sp³-hybridized carbons (Fsp3) is 0.435. The van der Waals surface area contributed by atoms with Crippen LogP contribution in [0.2, 0.25) is 0 Å². The molecule has 0 fully saturated rings. The summed E-state index contributed by atoms with van der Waals surface area (Å²) < 4.78 is 27.1. The molecule has 10 heteroatoms. The highest BCUT2D eigenvalue weighted by molar-refractivity contribution is 7.89. The number of aromatic nitrogens is 3. The van der Waals surface area contributed by atoms with Crippen molar-refractivity contribution in [1.82, 2.24) is 24.8 Å². The molecule has 0 bridgehead atoms. The van der Waals surface area contributed by atoms with Crippen molar-refractivity contribution >= 4 is 27.0 Å². The summed E-state index contributed by atoms with van der Waals surface area (Å²) in [6.45, 7) is 7.87. The molecule has 33 heavy (non-hydrogen) atoms. The van der Waals surface area contributed by atoms with Gasteiger partial charge in [0.2, 0.25) is 16.1 Å². The van der Waals surface area contributed by atoms with E-state index in [2.05, 4.69) is 27.8 Å². The molecule has 0 spiro atoms. The molecule has 0 aliphatic carbocycles. The van der Waals surface area contributed by atoms with Crippen LogP contribution >= 0.6 is 0 Å². The summed E-state index contributed by atoms with van der Waals surface area (Å²) in [7, 11) is -3.65. The van der Waals surface area contributed by atoms with Gasteiger partial charge in [0.1, 0.15) is 11.0 Å². The van der Waals surface area contributed by atoms with Crippen LogP contribution in [0.25, 0.3) is 11.0 Å². The highest BCUT2D eigenvalue weighted by Crippen LogP contribution is 2.20. The molecule has 1 amide bonds. The van der Waals surface area contributed by atoms with E-state index in [0.717, 1.165) is 17.7 Å². The Kier molecular flexibility index (Phi) is 8.04. The van der Waals surface area contributed by atoms with Gasteiger partial charge >= 0.3 is 0 Å². The summed E-state index contributed by atoms with van der Waals surface area (Å²) in [4.78, 5) is 19.5. The number of benzene rings is 2. The number of hydrogen-bond acceptors (Lipinski definition) is 6. The standard InChI is InChI=1S/C23H31N5O4S/c1-5-27(6-2)33(30,31)20-14-15-21-22(16-20)28(26-25-21)32-18(4)23(29)24-17(3)12-13-19-10-8-7-9-11-19/h7-11,14-18H,5-6,12-13H2,1-4H3,(H,24,29)/t17-,18+/m1/s1. The maximum Gasteiger partial charge on any atom is 0.263 e. The molecule has 0 aliphatic heterocycles. The van der Waals surface area contributed by atoms with Crippen LogP contribution in [0.3, 0.4) is 0 Å². The minimum Gasteiger partial charge on any atom is -0.382 e. The summed E-state index contributed by atoms with van der Waals surface area (Å²) in [5, 5.41) is 10.9. The molecule has 1 heterocycles. The highest BCUT2D eigenvalue weighted by atomic mass is 32.2. The largest absolute Gasteiger partial charge is 0.382 e. The van der Waals surface area contributed by atoms with E-state index in [-0.39, 0.29) is 16.8 Å². The fourth-order valence-electron chi connectivity index (χ4n) is 3.49. The molecule has 0 saturated carbocycles. The Labute approximate surface area is 194 Å². The molecule has 2 aromatic carbocycles. The summed E-state index contributed by atoms with van der Waals surface area (Å²) in [5.41, 5.74) is 2.06. The Bertz CT molecular complexity index is 1180. The lowest BCUT2D eigenvalue weighted by atomic mass is 10.1. The Balaban J connectivity index is 1.67. The third-order valence-corrected chi connectivity index (χ3v) is 7.50. The second-order valence-corrected chi connectivity index (χ2v) is 9.82. The Morgan fingerprint density at radius 3 is 2.48 bits per heavy atom. The van der Waals surface area contributed by atoms with Crippen molar-refractivity contribution in [3.8, 4) is 0 Å². The zero-order valence-corrected chi connectivity index (χ0v) is 20.2. The first-order chi connectivity index (χ1) is 15.8. The van der Waals surface area contributed by atoms with Gasteiger partial charge in [-0.05, 0) is 55.7 Å². The first-order valence-electron chi connectivity index (χ1n) is 11.1. The fourth-order valence-corrected chi connectivity index (χ4v) is 4.97. The molecule has 3 rings (SSSR count). The van der Waals surface area contributed by atoms with Crippen LogP contribution in [-0.2, 0) is 21.2 Å². The molecule has 178 valence electrons. The number of fused-ring (bicyclic) bond motifs is 1. The van der Waals surface area contributed by atoms with Crippen molar-refractivity contribution in [2.24, 2.45) is 0 Å². The second kappa shape index (κ2) is 10.8. The maximum absolute atomic E-state index is 12.9. The van der Waals surface area contributed by atoms with Crippen LogP contribution in [-0.4, -0.2) is 59.0 Å². The van der Waals surface area contributed by atoms with Crippen molar-refractivity contribution in [3.05, 3.63) is 54.1 Å². The SMILES string of the molecule is CCN(CC)S(=O)(=O)c1ccc2nnn(O[C@@H](C)C(=O)N[C@H](C)CCc3ccccc3)c2c1. The number of hydrogen-bond donors (Lipinski definition) is 1. The topological polar surface area (TPSA) is 106 Å². The normalized spacial score (nSPS) is 13.7. The minimum absolute atomic E-state index is 0.0398. The number of amides is 1. The van der Waals surface area contributed by atoms with Crippen molar-refractivity contribution in [3.63, 3.8) is 0 Å². The lowest BCUT2D eigenvalue weighted by Crippen LogP contribution is -2.43. The van der Waals surface area contributed by atoms with Gasteiger partial charge in [0, 0.05) is 19.1 Å². The maximum atomic E-state index is 12.9. The Hall–Kier alpha value is -2.98. The number of aryl methyl sites for hydroxylation is 1. The number of nitrogens with one attached hydrogen (secondary N) is 1. The molecule has 1 aromatic heterocycles. The van der Waals surface area contributed by atoms with E-state index in [0.29, 0.717) is 24.1 Å². The molecule has 0 radical (unpaired) electrons. The highest BCUT2D eigenvalue weighted by Gasteiger charge is 2.24. The summed E-state index contributed by atoms with van der Waals surface area (Å²) >= 11 is 0. The molecule has 0 unspecified atom stereocenters. The predicted octanol–water partition coefficient (Wildman–Crippen LogP) is 2.42. The van der Waals surface area contributed by atoms with E-state index in [1.807, 2.05) is 25.1 Å². The molecular formula is C23H31N5O4S. The third kappa shape index (κ3) is 5.88. The molecule has 0 aliphatic rings. The van der Waals surface area contributed by atoms with E-state index < -0.39 is 16.1 Å². The van der Waals surface area contributed by atoms with Crippen LogP contribution in [0.5, 0.6) is 0 Å². The number of carbonyl (C=O) groups is 1. The van der Waals surface area contributed by atoms with Crippen LogP contribution in [0.15, 0.2) is 53.4 Å². The number of nitrogens with zero attached hydrogens (tertiary/aromatic N) is 4. The monoisotopic (exact) mass is 473 g/mol. The van der Waals surface area contributed by atoms with Crippen LogP contribution in [0.4, 0.5) is 0 Å². The second-order valence-electron chi connectivity index (χ2n) is 7.88. The smallest absolute Gasteiger partial charge is 0.263 e. The number of carbonyl (C=O) groups excluding carboxylic acids is 1. The molecule has 3 aromatic rings. The van der Waals surface area contributed by atoms with Gasteiger partial charge in [0.25, 0.3) is 5.91 Å². The van der Waals surface area contributed by atoms with E-state index in [1.165, 1.54) is 22.0 Å². The van der Waals surface area contributed by atoms with Crippen molar-refractivity contribution in [2.75, 3.05) is 13.1 Å². The van der Waals surface area contributed by atoms with Gasteiger partial charge in [-0.3, -0.25) is 4.79 Å². The number of rotatable bonds is 11. The van der Waals surface area contributed by atoms with Gasteiger partial charge in [-0.15, -0.1) is 5.10 Å². The average Bonchev–Trinajstić information content (AvgIpc) is 3.21. The van der Waals surface area contributed by atoms with Gasteiger partial charge in [0.15, 0.2) is 0 Å². The molecular weight excluding hydrogens is 442 g/mol. The van der Waals surface area contributed by atoms with Crippen molar-refractivity contribution in [2.45, 2.75) is 57.6 Å². The Morgan fingerprint density at radius 2 is 1.82 bits per heavy atom. The van der Waals surface area contributed by atoms with Crippen molar-refractivity contribution in [1.29, 1.82) is 0 Å². The molecule has 2 atom stereocenters. The molecule has 1 N–H and O–H groups in total. The van der Waals surface area contributed by atoms with Crippen molar-refractivity contribution < 1.29 is 18.0 Å². The quantitative estimate of drug-likeness (QED) is 0.458. The van der Waals surface area contributed by atoms with Gasteiger partial charge in [-0.25, -0.2) is 8.42 Å². The lowest BCUT2D eigenvalue weighted by Gasteiger charge is -2.19. The zero-order valence-electron chi connectivity index (χ0n) is 19.4. The summed E-state index contributed by atoms with van der Waals surface area (Å²) in [6.07, 6.45) is 0.799. The van der Waals surface area contributed by atoms with Gasteiger partial charge in [-0.2, -0.15) is 4.31 Å². The first kappa shape index (κ1) is 24.7. The van der Waals surface area contributed by atoms with Gasteiger partial charge in [0.05, 0.1) is 4.90 Å². The van der Waals surface area contributed by atoms with Crippen LogP contribution in [0, 0.1) is 0 Å². The van der Waals surface area contributed by atoms with Gasteiger partial charge < -0.3 is 10.2 Å². The van der Waals surface area contributed by atoms with E-state index >= 15 is 0 Å². The van der Waals surface area contributed by atoms with E-state index in [1.54, 1.807) is 26.8 Å². The summed E-state index contributed by atoms with van der Waals surface area (Å²) in [5.74, 6) is -0.286. The molecule has 9 nitrogen and oxygen atoms in total. The van der Waals surface area contributed by atoms with E-state index in [4.69, 9.17) is 4.84 Å². The molecule has 0 saturated heterocycles. The first-order valence-corrected chi connectivity index (χ1v) is 12.6. The van der Waals surface area contributed by atoms with E-state index in [9.17, 15) is 13.2 Å². The summed E-state index contributed by atoms with van der Waals surface area (Å²) in [6, 6.07) is 14.6.